The summed E-state index contributed by atoms with van der Waals surface area (Å²) in [4.78, 5) is 23.1. The fourth-order valence-corrected chi connectivity index (χ4v) is 6.20. The van der Waals surface area contributed by atoms with Crippen molar-refractivity contribution in [2.75, 3.05) is 10.8 Å². The number of sulfonamides is 1. The normalized spacial score (nSPS) is 19.4. The highest BCUT2D eigenvalue weighted by molar-refractivity contribution is 7.94. The number of carboxylic acids is 1. The molecule has 24 heavy (non-hydrogen) atoms. The predicted molar refractivity (Wildman–Crippen MR) is 88.6 cm³/mol. The van der Waals surface area contributed by atoms with Gasteiger partial charge in [0.2, 0.25) is 0 Å². The van der Waals surface area contributed by atoms with Gasteiger partial charge in [0, 0.05) is 29.8 Å². The van der Waals surface area contributed by atoms with E-state index >= 15 is 0 Å². The fourth-order valence-electron chi connectivity index (χ4n) is 3.41. The van der Waals surface area contributed by atoms with Gasteiger partial charge >= 0.3 is 5.97 Å². The van der Waals surface area contributed by atoms with Crippen LogP contribution in [-0.4, -0.2) is 31.8 Å². The lowest BCUT2D eigenvalue weighted by Crippen LogP contribution is -2.29. The lowest BCUT2D eigenvalue weighted by molar-refractivity contribution is 0.0697. The van der Waals surface area contributed by atoms with Crippen LogP contribution in [0.25, 0.3) is 0 Å². The number of aromatic carboxylic acids is 1. The van der Waals surface area contributed by atoms with E-state index in [2.05, 4.69) is 0 Å². The zero-order valence-electron chi connectivity index (χ0n) is 12.4. The minimum Gasteiger partial charge on any atom is -0.478 e. The summed E-state index contributed by atoms with van der Waals surface area (Å²) < 4.78 is 27.2. The molecule has 1 aliphatic carbocycles. The predicted octanol–water partition coefficient (Wildman–Crippen LogP) is 2.72. The lowest BCUT2D eigenvalue weighted by atomic mass is 9.83. The molecule has 1 aromatic carbocycles. The molecule has 1 aliphatic heterocycles. The number of Topliss-reactive ketones (excluding diaryl/α,β-unsaturated/α-hetero) is 1. The highest BCUT2D eigenvalue weighted by Crippen LogP contribution is 2.46. The summed E-state index contributed by atoms with van der Waals surface area (Å²) >= 11 is 0.898. The maximum Gasteiger partial charge on any atom is 0.336 e. The molecular weight excluding hydrogens is 350 g/mol. The molecule has 124 valence electrons. The Kier molecular flexibility index (Phi) is 3.29. The third-order valence-corrected chi connectivity index (χ3v) is 7.73. The summed E-state index contributed by atoms with van der Waals surface area (Å²) in [5.74, 6) is -1.09. The molecular formula is C16H13NO5S2. The summed E-state index contributed by atoms with van der Waals surface area (Å²) in [6.45, 7) is 0.294. The first-order chi connectivity index (χ1) is 11.4. The molecule has 0 saturated carbocycles. The van der Waals surface area contributed by atoms with Gasteiger partial charge in [-0.3, -0.25) is 9.10 Å². The molecule has 6 nitrogen and oxygen atoms in total. The third-order valence-electron chi connectivity index (χ3n) is 4.53. The number of ketones is 1. The van der Waals surface area contributed by atoms with Crippen molar-refractivity contribution < 1.29 is 23.1 Å². The van der Waals surface area contributed by atoms with Crippen LogP contribution in [-0.2, 0) is 10.0 Å². The van der Waals surface area contributed by atoms with E-state index in [9.17, 15) is 18.0 Å². The smallest absolute Gasteiger partial charge is 0.336 e. The van der Waals surface area contributed by atoms with Gasteiger partial charge in [-0.05, 0) is 24.1 Å². The Morgan fingerprint density at radius 2 is 2.12 bits per heavy atom. The van der Waals surface area contributed by atoms with Crippen LogP contribution in [0.1, 0.15) is 45.0 Å². The summed E-state index contributed by atoms with van der Waals surface area (Å²) in [6.07, 6.45) is 1.07. The molecule has 0 spiro atoms. The lowest BCUT2D eigenvalue weighted by Gasteiger charge is -2.18. The number of benzene rings is 1. The summed E-state index contributed by atoms with van der Waals surface area (Å²) in [5.41, 5.74) is 1.92. The molecule has 1 unspecified atom stereocenters. The van der Waals surface area contributed by atoms with Gasteiger partial charge in [0.1, 0.15) is 4.21 Å². The van der Waals surface area contributed by atoms with Gasteiger partial charge in [0.05, 0.1) is 11.3 Å². The van der Waals surface area contributed by atoms with E-state index in [0.717, 1.165) is 16.9 Å². The van der Waals surface area contributed by atoms with Crippen molar-refractivity contribution in [2.45, 2.75) is 23.0 Å². The summed E-state index contributed by atoms with van der Waals surface area (Å²) in [5, 5.41) is 10.3. The number of hydrogen-bond acceptors (Lipinski definition) is 5. The minimum atomic E-state index is -3.84. The number of carboxylic acid groups (broad SMARTS) is 1. The maximum absolute atomic E-state index is 13.0. The van der Waals surface area contributed by atoms with Crippen molar-refractivity contribution in [3.8, 4) is 0 Å². The fraction of sp³-hybridized carbons (Fsp3) is 0.250. The van der Waals surface area contributed by atoms with Gasteiger partial charge in [-0.1, -0.05) is 12.1 Å². The van der Waals surface area contributed by atoms with Crippen LogP contribution in [0.3, 0.4) is 0 Å². The second kappa shape index (κ2) is 5.15. The number of carbonyl (C=O) groups is 2. The Morgan fingerprint density at radius 3 is 2.83 bits per heavy atom. The Balaban J connectivity index is 1.82. The molecule has 1 N–H and O–H groups in total. The van der Waals surface area contributed by atoms with Crippen LogP contribution in [0.15, 0.2) is 33.9 Å². The van der Waals surface area contributed by atoms with Crippen molar-refractivity contribution in [1.29, 1.82) is 0 Å². The second-order valence-electron chi connectivity index (χ2n) is 5.89. The molecule has 2 aliphatic rings. The zero-order valence-corrected chi connectivity index (χ0v) is 14.1. The molecule has 8 heteroatoms. The molecule has 4 rings (SSSR count). The van der Waals surface area contributed by atoms with Gasteiger partial charge in [-0.15, -0.1) is 11.3 Å². The highest BCUT2D eigenvalue weighted by Gasteiger charge is 2.41. The summed E-state index contributed by atoms with van der Waals surface area (Å²) in [7, 11) is -3.84. The van der Waals surface area contributed by atoms with Gasteiger partial charge < -0.3 is 5.11 Å². The number of carbonyl (C=O) groups excluding carboxylic acids is 1. The molecule has 0 amide bonds. The molecule has 1 atom stereocenters. The molecule has 0 radical (unpaired) electrons. The van der Waals surface area contributed by atoms with Crippen molar-refractivity contribution >= 4 is 38.8 Å². The van der Waals surface area contributed by atoms with E-state index < -0.39 is 16.0 Å². The second-order valence-corrected chi connectivity index (χ2v) is 8.89. The van der Waals surface area contributed by atoms with Crippen LogP contribution in [0, 0.1) is 0 Å². The molecule has 1 aromatic heterocycles. The van der Waals surface area contributed by atoms with Crippen LogP contribution in [0.4, 0.5) is 5.69 Å². The number of hydrogen-bond donors (Lipinski definition) is 1. The Labute approximate surface area is 142 Å². The average Bonchev–Trinajstić information content (AvgIpc) is 3.18. The van der Waals surface area contributed by atoms with E-state index in [1.807, 2.05) is 0 Å². The highest BCUT2D eigenvalue weighted by atomic mass is 32.2. The van der Waals surface area contributed by atoms with E-state index in [-0.39, 0.29) is 21.5 Å². The van der Waals surface area contributed by atoms with Crippen LogP contribution in [0.5, 0.6) is 0 Å². The first-order valence-corrected chi connectivity index (χ1v) is 9.72. The third kappa shape index (κ3) is 2.10. The molecule has 0 fully saturated rings. The number of rotatable bonds is 3. The molecule has 0 bridgehead atoms. The largest absolute Gasteiger partial charge is 0.478 e. The van der Waals surface area contributed by atoms with E-state index in [0.29, 0.717) is 30.6 Å². The van der Waals surface area contributed by atoms with Gasteiger partial charge in [0.25, 0.3) is 10.0 Å². The SMILES string of the molecule is O=C(O)c1csc(S(=O)(=O)N2CC3CCC(=O)c4cccc2c43)c1. The van der Waals surface area contributed by atoms with E-state index in [1.165, 1.54) is 15.8 Å². The quantitative estimate of drug-likeness (QED) is 0.905. The average molecular weight is 363 g/mol. The van der Waals surface area contributed by atoms with E-state index in [1.54, 1.807) is 18.2 Å². The first-order valence-electron chi connectivity index (χ1n) is 7.40. The number of nitrogens with zero attached hydrogens (tertiary/aromatic N) is 1. The Morgan fingerprint density at radius 1 is 1.33 bits per heavy atom. The Hall–Kier alpha value is -2.19. The first kappa shape index (κ1) is 15.3. The number of thiophene rings is 1. The monoisotopic (exact) mass is 363 g/mol. The minimum absolute atomic E-state index is 0.00229. The van der Waals surface area contributed by atoms with Crippen molar-refractivity contribution in [1.82, 2.24) is 0 Å². The van der Waals surface area contributed by atoms with E-state index in [4.69, 9.17) is 5.11 Å². The van der Waals surface area contributed by atoms with Crippen LogP contribution < -0.4 is 4.31 Å². The standard InChI is InChI=1S/C16H13NO5S2/c18-13-5-4-9-7-17(12-3-1-2-11(13)15(9)12)24(21,22)14-6-10(8-23-14)16(19)20/h1-3,6,8-9H,4-5,7H2,(H,19,20). The van der Waals surface area contributed by atoms with Crippen molar-refractivity contribution in [3.05, 3.63) is 46.3 Å². The van der Waals surface area contributed by atoms with Crippen molar-refractivity contribution in [3.63, 3.8) is 0 Å². The van der Waals surface area contributed by atoms with Gasteiger partial charge in [0.15, 0.2) is 5.78 Å². The molecule has 2 aromatic rings. The zero-order chi connectivity index (χ0) is 17.1. The van der Waals surface area contributed by atoms with Crippen molar-refractivity contribution in [2.24, 2.45) is 0 Å². The molecule has 0 saturated heterocycles. The number of anilines is 1. The summed E-state index contributed by atoms with van der Waals surface area (Å²) in [6, 6.07) is 6.33. The maximum atomic E-state index is 13.0. The van der Waals surface area contributed by atoms with Gasteiger partial charge in [-0.2, -0.15) is 0 Å². The Bertz CT molecular complexity index is 976. The molecule has 2 heterocycles. The van der Waals surface area contributed by atoms with Crippen LogP contribution >= 0.6 is 11.3 Å². The topological polar surface area (TPSA) is 91.8 Å². The van der Waals surface area contributed by atoms with Gasteiger partial charge in [-0.25, -0.2) is 13.2 Å². The van der Waals surface area contributed by atoms with Crippen LogP contribution in [0.2, 0.25) is 0 Å².